The van der Waals surface area contributed by atoms with Gasteiger partial charge in [-0.3, -0.25) is 0 Å². The summed E-state index contributed by atoms with van der Waals surface area (Å²) in [5, 5.41) is 3.29. The minimum Gasteiger partial charge on any atom is -0.462 e. The number of hydrogen-bond donors (Lipinski definition) is 1. The zero-order valence-electron chi connectivity index (χ0n) is 13.6. The second kappa shape index (κ2) is 10.0. The Kier molecular flexibility index (Phi) is 8.63. The molecule has 3 heteroatoms. The van der Waals surface area contributed by atoms with Crippen molar-refractivity contribution in [2.45, 2.75) is 79.1 Å². The van der Waals surface area contributed by atoms with E-state index in [1.807, 2.05) is 0 Å². The predicted octanol–water partition coefficient (Wildman–Crippen LogP) is 4.57. The molecule has 1 aromatic rings. The Morgan fingerprint density at radius 2 is 2.05 bits per heavy atom. The summed E-state index contributed by atoms with van der Waals surface area (Å²) in [5.74, 6) is 1.97. The number of aryl methyl sites for hydroxylation is 1. The molecule has 0 aliphatic heterocycles. The van der Waals surface area contributed by atoms with Gasteiger partial charge in [-0.15, -0.1) is 0 Å². The van der Waals surface area contributed by atoms with Crippen LogP contribution in [0.15, 0.2) is 10.5 Å². The van der Waals surface area contributed by atoms with Gasteiger partial charge in [0, 0.05) is 0 Å². The number of furan rings is 1. The zero-order chi connectivity index (χ0) is 14.8. The zero-order valence-corrected chi connectivity index (χ0v) is 13.6. The highest BCUT2D eigenvalue weighted by atomic mass is 16.5. The van der Waals surface area contributed by atoms with E-state index >= 15 is 0 Å². The lowest BCUT2D eigenvalue weighted by Crippen LogP contribution is -2.11. The molecule has 0 radical (unpaired) electrons. The Balaban J connectivity index is 2.26. The summed E-state index contributed by atoms with van der Waals surface area (Å²) in [6.07, 6.45) is 6.65. The molecule has 1 heterocycles. The fourth-order valence-electron chi connectivity index (χ4n) is 2.24. The van der Waals surface area contributed by atoms with E-state index in [4.69, 9.17) is 9.15 Å². The van der Waals surface area contributed by atoms with Crippen LogP contribution >= 0.6 is 0 Å². The van der Waals surface area contributed by atoms with Crippen molar-refractivity contribution < 1.29 is 9.15 Å². The molecule has 0 saturated carbocycles. The van der Waals surface area contributed by atoms with E-state index in [1.54, 1.807) is 0 Å². The summed E-state index contributed by atoms with van der Waals surface area (Å²) in [6.45, 7) is 10.9. The number of nitrogens with one attached hydrogen (secondary N) is 1. The molecule has 0 aromatic carbocycles. The molecule has 0 amide bonds. The first kappa shape index (κ1) is 17.3. The van der Waals surface area contributed by atoms with E-state index in [2.05, 4.69) is 39.1 Å². The molecule has 0 saturated heterocycles. The van der Waals surface area contributed by atoms with E-state index in [-0.39, 0.29) is 0 Å². The first-order valence-corrected chi connectivity index (χ1v) is 8.07. The summed E-state index contributed by atoms with van der Waals surface area (Å²) in [4.78, 5) is 0. The van der Waals surface area contributed by atoms with Crippen LogP contribution in [0.4, 0.5) is 0 Å². The molecule has 0 aliphatic rings. The van der Waals surface area contributed by atoms with Crippen molar-refractivity contribution in [1.82, 2.24) is 5.32 Å². The molecule has 1 atom stereocenters. The highest BCUT2D eigenvalue weighted by molar-refractivity contribution is 5.19. The lowest BCUT2D eigenvalue weighted by molar-refractivity contribution is 0.0355. The Morgan fingerprint density at radius 1 is 1.25 bits per heavy atom. The molecule has 3 nitrogen and oxygen atoms in total. The summed E-state index contributed by atoms with van der Waals surface area (Å²) in [5.41, 5.74) is 1.21. The van der Waals surface area contributed by atoms with Gasteiger partial charge < -0.3 is 14.5 Å². The third-order valence-electron chi connectivity index (χ3n) is 3.58. The van der Waals surface area contributed by atoms with Gasteiger partial charge in [-0.2, -0.15) is 0 Å². The fourth-order valence-corrected chi connectivity index (χ4v) is 2.24. The first-order valence-electron chi connectivity index (χ1n) is 8.07. The van der Waals surface area contributed by atoms with Gasteiger partial charge in [0.1, 0.15) is 18.1 Å². The number of hydrogen-bond acceptors (Lipinski definition) is 3. The van der Waals surface area contributed by atoms with E-state index in [0.717, 1.165) is 31.0 Å². The van der Waals surface area contributed by atoms with Gasteiger partial charge in [0.05, 0.1) is 12.6 Å². The van der Waals surface area contributed by atoms with E-state index in [9.17, 15) is 0 Å². The van der Waals surface area contributed by atoms with Crippen LogP contribution in [0, 0.1) is 6.92 Å². The standard InChI is InChI=1S/C17H31NO2/c1-5-7-8-9-10-15(4)19-13-16-11-14(3)17(20-16)12-18-6-2/h11,15,18H,5-10,12-13H2,1-4H3. The monoisotopic (exact) mass is 281 g/mol. The molecule has 1 rings (SSSR count). The number of ether oxygens (including phenoxy) is 1. The summed E-state index contributed by atoms with van der Waals surface area (Å²) in [6, 6.07) is 2.09. The third kappa shape index (κ3) is 6.58. The molecular weight excluding hydrogens is 250 g/mol. The highest BCUT2D eigenvalue weighted by Gasteiger charge is 2.09. The van der Waals surface area contributed by atoms with Crippen molar-refractivity contribution in [3.05, 3.63) is 23.2 Å². The van der Waals surface area contributed by atoms with Gasteiger partial charge in [0.25, 0.3) is 0 Å². The van der Waals surface area contributed by atoms with Crippen LogP contribution in [0.1, 0.15) is 70.0 Å². The SMILES string of the molecule is CCCCCCC(C)OCc1cc(C)c(CNCC)o1. The highest BCUT2D eigenvalue weighted by Crippen LogP contribution is 2.17. The fraction of sp³-hybridized carbons (Fsp3) is 0.765. The van der Waals surface area contributed by atoms with Crippen molar-refractivity contribution in [2.24, 2.45) is 0 Å². The molecule has 0 aliphatic carbocycles. The molecule has 1 unspecified atom stereocenters. The topological polar surface area (TPSA) is 34.4 Å². The molecular formula is C17H31NO2. The molecule has 0 bridgehead atoms. The van der Waals surface area contributed by atoms with Gasteiger partial charge in [-0.25, -0.2) is 0 Å². The third-order valence-corrected chi connectivity index (χ3v) is 3.58. The van der Waals surface area contributed by atoms with Crippen LogP contribution in [0.5, 0.6) is 0 Å². The van der Waals surface area contributed by atoms with Crippen LogP contribution in [0.2, 0.25) is 0 Å². The molecule has 0 spiro atoms. The van der Waals surface area contributed by atoms with E-state index < -0.39 is 0 Å². The normalized spacial score (nSPS) is 12.8. The average molecular weight is 281 g/mol. The number of rotatable bonds is 11. The largest absolute Gasteiger partial charge is 0.462 e. The van der Waals surface area contributed by atoms with Crippen molar-refractivity contribution >= 4 is 0 Å². The van der Waals surface area contributed by atoms with Gasteiger partial charge >= 0.3 is 0 Å². The predicted molar refractivity (Wildman–Crippen MR) is 83.8 cm³/mol. The van der Waals surface area contributed by atoms with Gasteiger partial charge in [0.2, 0.25) is 0 Å². The summed E-state index contributed by atoms with van der Waals surface area (Å²) in [7, 11) is 0. The lowest BCUT2D eigenvalue weighted by Gasteiger charge is -2.11. The van der Waals surface area contributed by atoms with Crippen molar-refractivity contribution in [3.8, 4) is 0 Å². The quantitative estimate of drug-likeness (QED) is 0.603. The lowest BCUT2D eigenvalue weighted by atomic mass is 10.1. The maximum absolute atomic E-state index is 5.87. The van der Waals surface area contributed by atoms with Crippen molar-refractivity contribution in [1.29, 1.82) is 0 Å². The maximum Gasteiger partial charge on any atom is 0.130 e. The average Bonchev–Trinajstić information content (AvgIpc) is 2.79. The van der Waals surface area contributed by atoms with Crippen molar-refractivity contribution in [3.63, 3.8) is 0 Å². The minimum absolute atomic E-state index is 0.314. The van der Waals surface area contributed by atoms with Crippen LogP contribution < -0.4 is 5.32 Å². The summed E-state index contributed by atoms with van der Waals surface area (Å²) < 4.78 is 11.7. The second-order valence-electron chi connectivity index (χ2n) is 5.57. The van der Waals surface area contributed by atoms with Crippen LogP contribution in [-0.2, 0) is 17.9 Å². The molecule has 1 aromatic heterocycles. The van der Waals surface area contributed by atoms with Crippen LogP contribution in [0.25, 0.3) is 0 Å². The Morgan fingerprint density at radius 3 is 2.75 bits per heavy atom. The van der Waals surface area contributed by atoms with Crippen molar-refractivity contribution in [2.75, 3.05) is 6.54 Å². The van der Waals surface area contributed by atoms with Crippen LogP contribution in [-0.4, -0.2) is 12.6 Å². The van der Waals surface area contributed by atoms with Gasteiger partial charge in [-0.05, 0) is 38.4 Å². The Hall–Kier alpha value is -0.800. The second-order valence-corrected chi connectivity index (χ2v) is 5.57. The van der Waals surface area contributed by atoms with Crippen LogP contribution in [0.3, 0.4) is 0 Å². The van der Waals surface area contributed by atoms with Gasteiger partial charge in [0.15, 0.2) is 0 Å². The molecule has 1 N–H and O–H groups in total. The van der Waals surface area contributed by atoms with E-state index in [0.29, 0.717) is 12.7 Å². The Bertz CT molecular complexity index is 360. The van der Waals surface area contributed by atoms with Gasteiger partial charge in [-0.1, -0.05) is 39.5 Å². The smallest absolute Gasteiger partial charge is 0.130 e. The van der Waals surface area contributed by atoms with E-state index in [1.165, 1.54) is 31.2 Å². The molecule has 0 fully saturated rings. The maximum atomic E-state index is 5.87. The molecule has 116 valence electrons. The molecule has 20 heavy (non-hydrogen) atoms. The Labute approximate surface area is 124 Å². The summed E-state index contributed by atoms with van der Waals surface area (Å²) >= 11 is 0. The minimum atomic E-state index is 0.314. The number of unbranched alkanes of at least 4 members (excludes halogenated alkanes) is 3. The first-order chi connectivity index (χ1) is 9.67.